The van der Waals surface area contributed by atoms with Crippen LogP contribution in [0, 0.1) is 11.8 Å². The summed E-state index contributed by atoms with van der Waals surface area (Å²) in [6.45, 7) is 10.2. The summed E-state index contributed by atoms with van der Waals surface area (Å²) in [6.07, 6.45) is 1.97. The van der Waals surface area contributed by atoms with E-state index in [2.05, 4.69) is 19.2 Å². The fourth-order valence-corrected chi connectivity index (χ4v) is 1.30. The Morgan fingerprint density at radius 2 is 1.89 bits per heavy atom. The lowest BCUT2D eigenvalue weighted by atomic mass is 9.99. The van der Waals surface area contributed by atoms with E-state index in [9.17, 15) is 4.79 Å². The topological polar surface area (TPSA) is 64.4 Å². The van der Waals surface area contributed by atoms with Crippen molar-refractivity contribution >= 4 is 18.3 Å². The molecule has 0 heterocycles. The van der Waals surface area contributed by atoms with Crippen LogP contribution in [0.5, 0.6) is 0 Å². The summed E-state index contributed by atoms with van der Waals surface area (Å²) < 4.78 is 5.41. The highest BCUT2D eigenvalue weighted by atomic mass is 35.5. The number of halogens is 1. The summed E-state index contributed by atoms with van der Waals surface area (Å²) in [7, 11) is 0. The first kappa shape index (κ1) is 20.0. The van der Waals surface area contributed by atoms with Gasteiger partial charge in [0.2, 0.25) is 5.91 Å². The van der Waals surface area contributed by atoms with E-state index in [0.29, 0.717) is 19.1 Å². The molecule has 0 aromatic rings. The van der Waals surface area contributed by atoms with Gasteiger partial charge < -0.3 is 15.8 Å². The van der Waals surface area contributed by atoms with Crippen molar-refractivity contribution in [1.82, 2.24) is 5.32 Å². The molecule has 4 nitrogen and oxygen atoms in total. The Hall–Kier alpha value is -0.320. The van der Waals surface area contributed by atoms with Crippen LogP contribution in [-0.2, 0) is 9.53 Å². The number of nitrogens with two attached hydrogens (primary N) is 1. The number of nitrogens with one attached hydrogen (secondary N) is 1. The van der Waals surface area contributed by atoms with Gasteiger partial charge in [0.05, 0.1) is 12.6 Å². The first-order valence-electron chi connectivity index (χ1n) is 6.60. The number of hydrogen-bond acceptors (Lipinski definition) is 3. The molecule has 2 unspecified atom stereocenters. The summed E-state index contributed by atoms with van der Waals surface area (Å²) in [6, 6.07) is -0.407. The number of hydrogen-bond donors (Lipinski definition) is 2. The molecule has 5 heteroatoms. The third-order valence-electron chi connectivity index (χ3n) is 2.94. The lowest BCUT2D eigenvalue weighted by Crippen LogP contribution is -2.45. The van der Waals surface area contributed by atoms with Crippen molar-refractivity contribution in [2.75, 3.05) is 19.8 Å². The second kappa shape index (κ2) is 11.8. The molecule has 0 aliphatic carbocycles. The minimum Gasteiger partial charge on any atom is -0.380 e. The zero-order chi connectivity index (χ0) is 13.3. The van der Waals surface area contributed by atoms with Gasteiger partial charge >= 0.3 is 0 Å². The zero-order valence-corrected chi connectivity index (χ0v) is 12.9. The monoisotopic (exact) mass is 280 g/mol. The third kappa shape index (κ3) is 9.68. The minimum absolute atomic E-state index is 0. The number of carbonyl (C=O) groups is 1. The number of ether oxygens (including phenoxy) is 1. The highest BCUT2D eigenvalue weighted by Gasteiger charge is 2.18. The maximum absolute atomic E-state index is 11.6. The van der Waals surface area contributed by atoms with Crippen molar-refractivity contribution in [3.8, 4) is 0 Å². The first-order valence-corrected chi connectivity index (χ1v) is 6.60. The van der Waals surface area contributed by atoms with Gasteiger partial charge in [0, 0.05) is 13.2 Å². The molecule has 2 atom stereocenters. The Morgan fingerprint density at radius 3 is 2.39 bits per heavy atom. The average molecular weight is 281 g/mol. The molecule has 0 radical (unpaired) electrons. The van der Waals surface area contributed by atoms with E-state index >= 15 is 0 Å². The molecule has 0 saturated carbocycles. The second-order valence-electron chi connectivity index (χ2n) is 5.00. The lowest BCUT2D eigenvalue weighted by Gasteiger charge is -2.17. The minimum atomic E-state index is -0.407. The molecule has 0 fully saturated rings. The molecular formula is C13H29ClN2O2. The standard InChI is InChI=1S/C13H28N2O2.ClH/c1-5-11(4)12(14)13(16)15-7-9-17-8-6-10(2)3;/h10-12H,5-9,14H2,1-4H3,(H,15,16);1H. The van der Waals surface area contributed by atoms with Crippen molar-refractivity contribution < 1.29 is 9.53 Å². The van der Waals surface area contributed by atoms with E-state index < -0.39 is 6.04 Å². The van der Waals surface area contributed by atoms with Crippen molar-refractivity contribution in [1.29, 1.82) is 0 Å². The summed E-state index contributed by atoms with van der Waals surface area (Å²) in [5.41, 5.74) is 5.80. The summed E-state index contributed by atoms with van der Waals surface area (Å²) in [4.78, 5) is 11.6. The molecule has 110 valence electrons. The van der Waals surface area contributed by atoms with Gasteiger partial charge in [0.25, 0.3) is 0 Å². The average Bonchev–Trinajstić information content (AvgIpc) is 2.30. The molecule has 0 rings (SSSR count). The number of amides is 1. The van der Waals surface area contributed by atoms with Gasteiger partial charge in [-0.3, -0.25) is 4.79 Å². The third-order valence-corrected chi connectivity index (χ3v) is 2.94. The van der Waals surface area contributed by atoms with Gasteiger partial charge in [-0.2, -0.15) is 0 Å². The fraction of sp³-hybridized carbons (Fsp3) is 0.923. The maximum atomic E-state index is 11.6. The molecule has 0 saturated heterocycles. The number of carbonyl (C=O) groups excluding carboxylic acids is 1. The van der Waals surface area contributed by atoms with Crippen LogP contribution in [0.4, 0.5) is 0 Å². The Labute approximate surface area is 117 Å². The first-order chi connectivity index (χ1) is 7.99. The van der Waals surface area contributed by atoms with Crippen molar-refractivity contribution in [2.45, 2.75) is 46.6 Å². The van der Waals surface area contributed by atoms with Crippen LogP contribution >= 0.6 is 12.4 Å². The summed E-state index contributed by atoms with van der Waals surface area (Å²) in [5.74, 6) is 0.798. The van der Waals surface area contributed by atoms with Crippen molar-refractivity contribution in [3.05, 3.63) is 0 Å². The van der Waals surface area contributed by atoms with Gasteiger partial charge in [-0.05, 0) is 18.3 Å². The van der Waals surface area contributed by atoms with Crippen LogP contribution < -0.4 is 11.1 Å². The Balaban J connectivity index is 0. The van der Waals surface area contributed by atoms with Gasteiger partial charge in [-0.1, -0.05) is 34.1 Å². The van der Waals surface area contributed by atoms with E-state index in [4.69, 9.17) is 10.5 Å². The van der Waals surface area contributed by atoms with E-state index in [-0.39, 0.29) is 24.2 Å². The van der Waals surface area contributed by atoms with E-state index in [1.54, 1.807) is 0 Å². The molecule has 0 aliphatic heterocycles. The van der Waals surface area contributed by atoms with E-state index in [1.165, 1.54) is 0 Å². The highest BCUT2D eigenvalue weighted by Crippen LogP contribution is 2.04. The van der Waals surface area contributed by atoms with Gasteiger partial charge in [-0.15, -0.1) is 12.4 Å². The predicted molar refractivity (Wildman–Crippen MR) is 78.0 cm³/mol. The lowest BCUT2D eigenvalue weighted by molar-refractivity contribution is -0.123. The Kier molecular flexibility index (Phi) is 13.1. The zero-order valence-electron chi connectivity index (χ0n) is 12.1. The van der Waals surface area contributed by atoms with Crippen LogP contribution in [0.15, 0.2) is 0 Å². The van der Waals surface area contributed by atoms with Crippen molar-refractivity contribution in [2.24, 2.45) is 17.6 Å². The van der Waals surface area contributed by atoms with Gasteiger partial charge in [-0.25, -0.2) is 0 Å². The van der Waals surface area contributed by atoms with Crippen LogP contribution in [0.1, 0.15) is 40.5 Å². The van der Waals surface area contributed by atoms with Crippen LogP contribution in [0.25, 0.3) is 0 Å². The predicted octanol–water partition coefficient (Wildman–Crippen LogP) is 1.96. The van der Waals surface area contributed by atoms with E-state index in [0.717, 1.165) is 19.4 Å². The molecule has 0 spiro atoms. The van der Waals surface area contributed by atoms with E-state index in [1.807, 2.05) is 13.8 Å². The second-order valence-corrected chi connectivity index (χ2v) is 5.00. The molecular weight excluding hydrogens is 252 g/mol. The molecule has 3 N–H and O–H groups in total. The molecule has 18 heavy (non-hydrogen) atoms. The molecule has 0 aromatic heterocycles. The summed E-state index contributed by atoms with van der Waals surface area (Å²) in [5, 5.41) is 2.80. The number of rotatable bonds is 9. The Morgan fingerprint density at radius 1 is 1.28 bits per heavy atom. The van der Waals surface area contributed by atoms with Crippen LogP contribution in [-0.4, -0.2) is 31.7 Å². The molecule has 0 aromatic carbocycles. The quantitative estimate of drug-likeness (QED) is 0.635. The molecule has 1 amide bonds. The van der Waals surface area contributed by atoms with Gasteiger partial charge in [0.15, 0.2) is 0 Å². The highest BCUT2D eigenvalue weighted by molar-refractivity contribution is 5.85. The summed E-state index contributed by atoms with van der Waals surface area (Å²) >= 11 is 0. The normalized spacial score (nSPS) is 13.9. The Bertz CT molecular complexity index is 213. The SMILES string of the molecule is CCC(C)C(N)C(=O)NCCOCCC(C)C.Cl. The smallest absolute Gasteiger partial charge is 0.237 e. The van der Waals surface area contributed by atoms with Crippen molar-refractivity contribution in [3.63, 3.8) is 0 Å². The maximum Gasteiger partial charge on any atom is 0.237 e. The molecule has 0 bridgehead atoms. The van der Waals surface area contributed by atoms with Gasteiger partial charge in [0.1, 0.15) is 0 Å². The van der Waals surface area contributed by atoms with Crippen LogP contribution in [0.2, 0.25) is 0 Å². The van der Waals surface area contributed by atoms with Crippen LogP contribution in [0.3, 0.4) is 0 Å². The fourth-order valence-electron chi connectivity index (χ4n) is 1.30. The molecule has 0 aliphatic rings. The largest absolute Gasteiger partial charge is 0.380 e.